The van der Waals surface area contributed by atoms with Crippen LogP contribution in [0.25, 0.3) is 11.1 Å². The van der Waals surface area contributed by atoms with Crippen LogP contribution in [0.3, 0.4) is 0 Å². The van der Waals surface area contributed by atoms with E-state index in [1.165, 1.54) is 143 Å². The summed E-state index contributed by atoms with van der Waals surface area (Å²) >= 11 is 0. The quantitative estimate of drug-likeness (QED) is 0.159. The lowest BCUT2D eigenvalue weighted by Crippen LogP contribution is -2.62. The first-order valence-corrected chi connectivity index (χ1v) is 27.0. The number of nitrogens with zero attached hydrogens (tertiary/aromatic N) is 2. The Balaban J connectivity index is 1.20. The Hall–Kier alpha value is -5.02. The number of aryl methyl sites for hydroxylation is 1. The minimum atomic E-state index is -0.221. The van der Waals surface area contributed by atoms with Gasteiger partial charge >= 0.3 is 0 Å². The Labute approximate surface area is 422 Å². The van der Waals surface area contributed by atoms with Gasteiger partial charge in [-0.05, 0) is 203 Å². The molecule has 360 valence electrons. The number of anilines is 6. The maximum Gasteiger partial charge on any atom is 0.252 e. The van der Waals surface area contributed by atoms with Crippen LogP contribution in [0.1, 0.15) is 205 Å². The minimum absolute atomic E-state index is 0.0415. The Kier molecular flexibility index (Phi) is 9.17. The van der Waals surface area contributed by atoms with Crippen molar-refractivity contribution in [1.29, 1.82) is 0 Å². The fourth-order valence-electron chi connectivity index (χ4n) is 15.4. The van der Waals surface area contributed by atoms with Gasteiger partial charge in [-0.2, -0.15) is 0 Å². The van der Waals surface area contributed by atoms with E-state index < -0.39 is 0 Å². The standard InChI is InChI=1S/C67H79BN2/c1-39-30-56-59-57(31-39)70(53-21-19-20-43-42-24-22-40(60(2,3)4)32-45(42)67(17,18)58(43)53)55-37-50-48(65(13,14)38-66(50,15)16)35-52(55)68(59)51-34-47-49(64(11,12)29-28-63(47,9)10)36-54(51)69(56)41-23-25-44-46(33-41)62(7,8)27-26-61(44,5)6/h19-25,30-37H,26-29,38H2,1-18H3. The molecule has 0 radical (unpaired) electrons. The predicted octanol–water partition coefficient (Wildman–Crippen LogP) is 16.3. The summed E-state index contributed by atoms with van der Waals surface area (Å²) in [6.07, 6.45) is 5.90. The van der Waals surface area contributed by atoms with E-state index in [4.69, 9.17) is 0 Å². The highest BCUT2D eigenvalue weighted by atomic mass is 15.2. The van der Waals surface area contributed by atoms with Gasteiger partial charge in [0, 0.05) is 33.9 Å². The molecule has 0 bridgehead atoms. The van der Waals surface area contributed by atoms with Crippen molar-refractivity contribution in [3.8, 4) is 11.1 Å². The second kappa shape index (κ2) is 13.9. The number of hydrogen-bond donors (Lipinski definition) is 0. The monoisotopic (exact) mass is 923 g/mol. The Bertz CT molecular complexity index is 3290. The van der Waals surface area contributed by atoms with Gasteiger partial charge in [0.15, 0.2) is 0 Å². The Morgan fingerprint density at radius 2 is 0.929 bits per heavy atom. The first-order valence-electron chi connectivity index (χ1n) is 27.0. The van der Waals surface area contributed by atoms with Crippen LogP contribution in [0.4, 0.5) is 34.1 Å². The Morgan fingerprint density at radius 3 is 1.51 bits per heavy atom. The molecule has 2 aliphatic heterocycles. The van der Waals surface area contributed by atoms with Gasteiger partial charge < -0.3 is 9.80 Å². The highest BCUT2D eigenvalue weighted by Crippen LogP contribution is 2.59. The molecule has 0 amide bonds. The fourth-order valence-corrected chi connectivity index (χ4v) is 15.4. The lowest BCUT2D eigenvalue weighted by molar-refractivity contribution is 0.332. The molecular weight excluding hydrogens is 844 g/mol. The van der Waals surface area contributed by atoms with Crippen LogP contribution >= 0.6 is 0 Å². The number of rotatable bonds is 2. The highest BCUT2D eigenvalue weighted by Gasteiger charge is 2.51. The Morgan fingerprint density at radius 1 is 0.429 bits per heavy atom. The van der Waals surface area contributed by atoms with Crippen LogP contribution < -0.4 is 26.2 Å². The summed E-state index contributed by atoms with van der Waals surface area (Å²) in [7, 11) is 0. The normalized spacial score (nSPS) is 21.4. The summed E-state index contributed by atoms with van der Waals surface area (Å²) in [5, 5.41) is 0. The summed E-state index contributed by atoms with van der Waals surface area (Å²) in [6.45, 7) is 44.4. The van der Waals surface area contributed by atoms with E-state index in [0.29, 0.717) is 0 Å². The van der Waals surface area contributed by atoms with Gasteiger partial charge in [0.1, 0.15) is 0 Å². The lowest BCUT2D eigenvalue weighted by atomic mass is 9.32. The molecular formula is C67H79BN2. The molecule has 0 saturated heterocycles. The van der Waals surface area contributed by atoms with E-state index in [1.807, 2.05) is 0 Å². The van der Waals surface area contributed by atoms with Crippen molar-refractivity contribution in [3.63, 3.8) is 0 Å². The molecule has 4 aliphatic carbocycles. The van der Waals surface area contributed by atoms with Crippen molar-refractivity contribution in [1.82, 2.24) is 0 Å². The maximum atomic E-state index is 2.77. The van der Waals surface area contributed by atoms with Crippen LogP contribution in [-0.4, -0.2) is 6.71 Å². The van der Waals surface area contributed by atoms with E-state index in [2.05, 4.69) is 225 Å². The molecule has 0 spiro atoms. The molecule has 0 unspecified atom stereocenters. The zero-order valence-corrected chi connectivity index (χ0v) is 46.2. The second-order valence-electron chi connectivity index (χ2n) is 28.8. The average molecular weight is 923 g/mol. The van der Waals surface area contributed by atoms with Crippen LogP contribution in [0, 0.1) is 6.92 Å². The molecule has 12 rings (SSSR count). The van der Waals surface area contributed by atoms with Crippen molar-refractivity contribution in [3.05, 3.63) is 147 Å². The predicted molar refractivity (Wildman–Crippen MR) is 303 cm³/mol. The molecule has 6 aromatic carbocycles. The van der Waals surface area contributed by atoms with Crippen molar-refractivity contribution < 1.29 is 0 Å². The zero-order valence-electron chi connectivity index (χ0n) is 46.2. The molecule has 3 heteroatoms. The third-order valence-electron chi connectivity index (χ3n) is 19.5. The summed E-state index contributed by atoms with van der Waals surface area (Å²) in [5.41, 5.74) is 30.0. The molecule has 0 fully saturated rings. The van der Waals surface area contributed by atoms with Gasteiger partial charge in [-0.25, -0.2) is 0 Å². The van der Waals surface area contributed by atoms with Crippen molar-refractivity contribution in [2.24, 2.45) is 0 Å². The van der Waals surface area contributed by atoms with Crippen molar-refractivity contribution in [2.75, 3.05) is 9.80 Å². The fraction of sp³-hybridized carbons (Fsp3) is 0.463. The summed E-state index contributed by atoms with van der Waals surface area (Å²) in [6, 6.07) is 38.1. The van der Waals surface area contributed by atoms with Gasteiger partial charge in [-0.3, -0.25) is 0 Å². The van der Waals surface area contributed by atoms with Gasteiger partial charge in [0.2, 0.25) is 0 Å². The summed E-state index contributed by atoms with van der Waals surface area (Å²) in [4.78, 5) is 5.50. The zero-order chi connectivity index (χ0) is 50.0. The molecule has 0 aromatic heterocycles. The van der Waals surface area contributed by atoms with E-state index in [9.17, 15) is 0 Å². The number of hydrogen-bond acceptors (Lipinski definition) is 2. The summed E-state index contributed by atoms with van der Waals surface area (Å²) < 4.78 is 0. The first kappa shape index (κ1) is 46.1. The van der Waals surface area contributed by atoms with Crippen molar-refractivity contribution in [2.45, 2.75) is 200 Å². The summed E-state index contributed by atoms with van der Waals surface area (Å²) in [5.74, 6) is 0. The molecule has 2 nitrogen and oxygen atoms in total. The second-order valence-corrected chi connectivity index (χ2v) is 28.8. The molecule has 6 aromatic rings. The SMILES string of the molecule is Cc1cc2c3c(c1)N(c1cccc4c1C(C)(C)c1cc(C(C)(C)C)ccc1-4)c1cc4c(cc1B3c1cc3c(cc1N2c1ccc2c(c1)C(C)(C)CCC2(C)C)C(C)(C)CCC3(C)C)C(C)(C)CC4(C)C. The topological polar surface area (TPSA) is 6.48 Å². The number of fused-ring (bicyclic) bond motifs is 10. The highest BCUT2D eigenvalue weighted by molar-refractivity contribution is 7.00. The number of benzene rings is 6. The van der Waals surface area contributed by atoms with Gasteiger partial charge in [-0.1, -0.05) is 166 Å². The maximum absolute atomic E-state index is 2.77. The third-order valence-corrected chi connectivity index (χ3v) is 19.5. The van der Waals surface area contributed by atoms with Crippen molar-refractivity contribution >= 4 is 57.2 Å². The van der Waals surface area contributed by atoms with Gasteiger partial charge in [0.05, 0.1) is 5.69 Å². The average Bonchev–Trinajstić information content (AvgIpc) is 3.61. The molecule has 0 saturated carbocycles. The van der Waals surface area contributed by atoms with Gasteiger partial charge in [0.25, 0.3) is 6.71 Å². The smallest absolute Gasteiger partial charge is 0.252 e. The third kappa shape index (κ3) is 6.24. The van der Waals surface area contributed by atoms with E-state index in [-0.39, 0.29) is 50.0 Å². The molecule has 70 heavy (non-hydrogen) atoms. The van der Waals surface area contributed by atoms with E-state index in [0.717, 1.165) is 6.42 Å². The van der Waals surface area contributed by atoms with Crippen LogP contribution in [0.15, 0.2) is 91.0 Å². The first-order chi connectivity index (χ1) is 32.4. The lowest BCUT2D eigenvalue weighted by Gasteiger charge is -2.48. The van der Waals surface area contributed by atoms with E-state index in [1.54, 1.807) is 0 Å². The van der Waals surface area contributed by atoms with Crippen LogP contribution in [0.5, 0.6) is 0 Å². The minimum Gasteiger partial charge on any atom is -0.311 e. The molecule has 0 N–H and O–H groups in total. The molecule has 2 heterocycles. The van der Waals surface area contributed by atoms with Crippen LogP contribution in [0.2, 0.25) is 0 Å². The molecule has 0 atom stereocenters. The van der Waals surface area contributed by atoms with Crippen LogP contribution in [-0.2, 0) is 43.3 Å². The molecule has 6 aliphatic rings. The largest absolute Gasteiger partial charge is 0.311 e. The van der Waals surface area contributed by atoms with Gasteiger partial charge in [-0.15, -0.1) is 0 Å². The van der Waals surface area contributed by atoms with E-state index >= 15 is 0 Å².